The number of amides is 1. The van der Waals surface area contributed by atoms with Crippen molar-refractivity contribution in [3.8, 4) is 5.69 Å². The highest BCUT2D eigenvalue weighted by atomic mass is 35.5. The largest absolute Gasteiger partial charge is 0.352 e. The lowest BCUT2D eigenvalue weighted by Crippen LogP contribution is -2.43. The standard InChI is InChI=1S/C24H24ClN5OS/c1-16-21-22(30(28-16)20-10-3-2-4-11-20)27-24(32-21)29-12-6-8-18(15-29)23(31)26-14-17-7-5-9-19(25)13-17/h2-5,7,9-11,13,18H,6,8,12,14-15H2,1H3,(H,26,31)/t18-/m1/s1. The van der Waals surface area contributed by atoms with Gasteiger partial charge in [0.2, 0.25) is 5.91 Å². The Kier molecular flexibility index (Phi) is 5.85. The van der Waals surface area contributed by atoms with Crippen molar-refractivity contribution in [3.05, 3.63) is 70.9 Å². The van der Waals surface area contributed by atoms with Crippen molar-refractivity contribution in [2.75, 3.05) is 18.0 Å². The fourth-order valence-electron chi connectivity index (χ4n) is 4.15. The molecule has 2 aromatic heterocycles. The maximum absolute atomic E-state index is 12.8. The van der Waals surface area contributed by atoms with Crippen LogP contribution in [0.25, 0.3) is 16.0 Å². The Labute approximate surface area is 195 Å². The van der Waals surface area contributed by atoms with E-state index >= 15 is 0 Å². The second-order valence-electron chi connectivity index (χ2n) is 8.11. The third kappa shape index (κ3) is 4.23. The van der Waals surface area contributed by atoms with Gasteiger partial charge in [0, 0.05) is 24.7 Å². The van der Waals surface area contributed by atoms with Crippen LogP contribution >= 0.6 is 22.9 Å². The second-order valence-corrected chi connectivity index (χ2v) is 9.53. The topological polar surface area (TPSA) is 63.1 Å². The van der Waals surface area contributed by atoms with Gasteiger partial charge in [0.25, 0.3) is 0 Å². The van der Waals surface area contributed by atoms with Crippen molar-refractivity contribution in [1.29, 1.82) is 0 Å². The minimum absolute atomic E-state index is 0.0540. The zero-order valence-corrected chi connectivity index (χ0v) is 19.4. The van der Waals surface area contributed by atoms with Crippen molar-refractivity contribution >= 4 is 44.3 Å². The Morgan fingerprint density at radius 1 is 1.22 bits per heavy atom. The lowest BCUT2D eigenvalue weighted by molar-refractivity contribution is -0.125. The fourth-order valence-corrected chi connectivity index (χ4v) is 5.39. The van der Waals surface area contributed by atoms with E-state index in [1.54, 1.807) is 11.3 Å². The number of thiazole rings is 1. The van der Waals surface area contributed by atoms with Crippen LogP contribution in [-0.2, 0) is 11.3 Å². The number of benzene rings is 2. The number of aryl methyl sites for hydroxylation is 1. The molecule has 0 unspecified atom stereocenters. The van der Waals surface area contributed by atoms with E-state index in [9.17, 15) is 4.79 Å². The summed E-state index contributed by atoms with van der Waals surface area (Å²) in [5.41, 5.74) is 3.85. The quantitative estimate of drug-likeness (QED) is 0.451. The molecule has 3 heterocycles. The first-order chi connectivity index (χ1) is 15.6. The normalized spacial score (nSPS) is 16.4. The smallest absolute Gasteiger partial charge is 0.225 e. The Morgan fingerprint density at radius 3 is 2.88 bits per heavy atom. The van der Waals surface area contributed by atoms with Crippen LogP contribution in [0.15, 0.2) is 54.6 Å². The minimum Gasteiger partial charge on any atom is -0.352 e. The molecule has 8 heteroatoms. The predicted molar refractivity (Wildman–Crippen MR) is 130 cm³/mol. The van der Waals surface area contributed by atoms with Crippen LogP contribution in [-0.4, -0.2) is 33.8 Å². The van der Waals surface area contributed by atoms with Gasteiger partial charge in [-0.05, 0) is 49.6 Å². The third-order valence-corrected chi connectivity index (χ3v) is 7.25. The summed E-state index contributed by atoms with van der Waals surface area (Å²) in [4.78, 5) is 20.0. The predicted octanol–water partition coefficient (Wildman–Crippen LogP) is 4.98. The summed E-state index contributed by atoms with van der Waals surface area (Å²) in [7, 11) is 0. The molecule has 1 fully saturated rings. The number of rotatable bonds is 5. The number of hydrogen-bond acceptors (Lipinski definition) is 5. The van der Waals surface area contributed by atoms with Crippen LogP contribution in [0.1, 0.15) is 24.1 Å². The first-order valence-corrected chi connectivity index (χ1v) is 12.0. The number of fused-ring (bicyclic) bond motifs is 1. The number of anilines is 1. The molecule has 4 aromatic rings. The van der Waals surface area contributed by atoms with Crippen molar-refractivity contribution in [1.82, 2.24) is 20.1 Å². The summed E-state index contributed by atoms with van der Waals surface area (Å²) in [6, 6.07) is 17.7. The molecule has 1 aliphatic heterocycles. The van der Waals surface area contributed by atoms with Crippen LogP contribution in [0.3, 0.4) is 0 Å². The molecule has 2 aromatic carbocycles. The SMILES string of the molecule is Cc1nn(-c2ccccc2)c2nc(N3CCC[C@@H](C(=O)NCc4cccc(Cl)c4)C3)sc12. The molecule has 164 valence electrons. The van der Waals surface area contributed by atoms with Crippen molar-refractivity contribution < 1.29 is 4.79 Å². The van der Waals surface area contributed by atoms with Gasteiger partial charge in [-0.2, -0.15) is 10.1 Å². The average Bonchev–Trinajstić information content (AvgIpc) is 3.39. The second kappa shape index (κ2) is 8.92. The van der Waals surface area contributed by atoms with E-state index in [0.29, 0.717) is 18.1 Å². The third-order valence-electron chi connectivity index (χ3n) is 5.80. The maximum atomic E-state index is 12.8. The first-order valence-electron chi connectivity index (χ1n) is 10.8. The van der Waals surface area contributed by atoms with E-state index < -0.39 is 0 Å². The number of carbonyl (C=O) groups is 1. The van der Waals surface area contributed by atoms with Gasteiger partial charge in [0.1, 0.15) is 0 Å². The molecular formula is C24H24ClN5OS. The molecule has 0 radical (unpaired) electrons. The molecule has 0 saturated carbocycles. The number of carbonyl (C=O) groups excluding carboxylic acids is 1. The van der Waals surface area contributed by atoms with E-state index in [2.05, 4.69) is 15.3 Å². The van der Waals surface area contributed by atoms with Gasteiger partial charge in [0.05, 0.1) is 22.0 Å². The van der Waals surface area contributed by atoms with Crippen molar-refractivity contribution in [3.63, 3.8) is 0 Å². The molecule has 5 rings (SSSR count). The molecule has 1 amide bonds. The number of hydrogen-bond donors (Lipinski definition) is 1. The molecule has 1 atom stereocenters. The highest BCUT2D eigenvalue weighted by molar-refractivity contribution is 7.22. The number of aromatic nitrogens is 3. The lowest BCUT2D eigenvalue weighted by Gasteiger charge is -2.31. The monoisotopic (exact) mass is 465 g/mol. The highest BCUT2D eigenvalue weighted by Crippen LogP contribution is 2.34. The number of nitrogens with zero attached hydrogens (tertiary/aromatic N) is 4. The molecule has 6 nitrogen and oxygen atoms in total. The highest BCUT2D eigenvalue weighted by Gasteiger charge is 2.28. The molecule has 1 saturated heterocycles. The molecule has 0 aliphatic carbocycles. The Morgan fingerprint density at radius 2 is 2.06 bits per heavy atom. The molecule has 32 heavy (non-hydrogen) atoms. The maximum Gasteiger partial charge on any atom is 0.225 e. The van der Waals surface area contributed by atoms with Gasteiger partial charge in [-0.3, -0.25) is 4.79 Å². The lowest BCUT2D eigenvalue weighted by atomic mass is 9.97. The average molecular weight is 466 g/mol. The van der Waals surface area contributed by atoms with E-state index in [1.165, 1.54) is 0 Å². The zero-order valence-electron chi connectivity index (χ0n) is 17.8. The summed E-state index contributed by atoms with van der Waals surface area (Å²) in [5.74, 6) is 0.0316. The van der Waals surface area contributed by atoms with Gasteiger partial charge < -0.3 is 10.2 Å². The molecule has 1 N–H and O–H groups in total. The van der Waals surface area contributed by atoms with E-state index in [1.807, 2.05) is 66.2 Å². The number of para-hydroxylation sites is 1. The van der Waals surface area contributed by atoms with Crippen LogP contribution in [0.2, 0.25) is 5.02 Å². The first kappa shape index (κ1) is 21.0. The van der Waals surface area contributed by atoms with Crippen LogP contribution in [0, 0.1) is 12.8 Å². The van der Waals surface area contributed by atoms with Gasteiger partial charge >= 0.3 is 0 Å². The summed E-state index contributed by atoms with van der Waals surface area (Å²) in [6.45, 7) is 4.09. The molecule has 1 aliphatic rings. The van der Waals surface area contributed by atoms with Crippen LogP contribution in [0.5, 0.6) is 0 Å². The van der Waals surface area contributed by atoms with Crippen LogP contribution < -0.4 is 10.2 Å². The van der Waals surface area contributed by atoms with Gasteiger partial charge in [0.15, 0.2) is 10.8 Å². The van der Waals surface area contributed by atoms with E-state index in [-0.39, 0.29) is 11.8 Å². The minimum atomic E-state index is -0.0540. The molecule has 0 bridgehead atoms. The number of nitrogens with one attached hydrogen (secondary N) is 1. The summed E-state index contributed by atoms with van der Waals surface area (Å²) >= 11 is 7.71. The van der Waals surface area contributed by atoms with Gasteiger partial charge in [-0.25, -0.2) is 4.68 Å². The number of piperidine rings is 1. The van der Waals surface area contributed by atoms with Crippen molar-refractivity contribution in [2.24, 2.45) is 5.92 Å². The summed E-state index contributed by atoms with van der Waals surface area (Å²) in [5, 5.41) is 9.39. The summed E-state index contributed by atoms with van der Waals surface area (Å²) in [6.07, 6.45) is 1.86. The van der Waals surface area contributed by atoms with Crippen LogP contribution in [0.4, 0.5) is 5.13 Å². The fraction of sp³-hybridized carbons (Fsp3) is 0.292. The van der Waals surface area contributed by atoms with E-state index in [0.717, 1.165) is 51.8 Å². The Hall–Kier alpha value is -2.90. The van der Waals surface area contributed by atoms with E-state index in [4.69, 9.17) is 16.6 Å². The zero-order chi connectivity index (χ0) is 22.1. The number of halogens is 1. The Bertz CT molecular complexity index is 1250. The van der Waals surface area contributed by atoms with Crippen molar-refractivity contribution in [2.45, 2.75) is 26.3 Å². The summed E-state index contributed by atoms with van der Waals surface area (Å²) < 4.78 is 3.00. The molecular weight excluding hydrogens is 442 g/mol. The molecule has 0 spiro atoms. The van der Waals surface area contributed by atoms with Gasteiger partial charge in [-0.15, -0.1) is 0 Å². The van der Waals surface area contributed by atoms with Gasteiger partial charge in [-0.1, -0.05) is 53.3 Å². The Balaban J connectivity index is 1.31.